The normalized spacial score (nSPS) is 47.6. The monoisotopic (exact) mass is 478 g/mol. The van der Waals surface area contributed by atoms with Crippen LogP contribution in [0.1, 0.15) is 72.6 Å². The van der Waals surface area contributed by atoms with Gasteiger partial charge in [-0.1, -0.05) is 27.7 Å². The van der Waals surface area contributed by atoms with Gasteiger partial charge < -0.3 is 30.4 Å². The third kappa shape index (κ3) is 3.73. The van der Waals surface area contributed by atoms with E-state index in [0.29, 0.717) is 67.9 Å². The van der Waals surface area contributed by atoms with Gasteiger partial charge in [0.05, 0.1) is 38.6 Å². The summed E-state index contributed by atoms with van der Waals surface area (Å²) in [6.45, 7) is 13.8. The van der Waals surface area contributed by atoms with Crippen LogP contribution in [0.2, 0.25) is 0 Å². The predicted molar refractivity (Wildman–Crippen MR) is 133 cm³/mol. The molecule has 4 N–H and O–H groups in total. The summed E-state index contributed by atoms with van der Waals surface area (Å²) >= 11 is 0. The lowest BCUT2D eigenvalue weighted by Crippen LogP contribution is -2.67. The minimum Gasteiger partial charge on any atom is -0.377 e. The van der Waals surface area contributed by atoms with Crippen LogP contribution in [0, 0.1) is 46.3 Å². The first-order valence-electron chi connectivity index (χ1n) is 14.2. The zero-order valence-corrected chi connectivity index (χ0v) is 22.1. The number of hydrogen-bond acceptors (Lipinski definition) is 6. The van der Waals surface area contributed by atoms with Gasteiger partial charge >= 0.3 is 0 Å². The van der Waals surface area contributed by atoms with Crippen molar-refractivity contribution in [3.05, 3.63) is 0 Å². The second kappa shape index (κ2) is 9.57. The lowest BCUT2D eigenvalue weighted by Gasteiger charge is -2.66. The highest BCUT2D eigenvalue weighted by molar-refractivity contribution is 5.18. The highest BCUT2D eigenvalue weighted by atomic mass is 16.7. The minimum atomic E-state index is -0.444. The predicted octanol–water partition coefficient (Wildman–Crippen LogP) is 3.95. The molecule has 1 spiro atoms. The SMILES string of the molecule is CC(C)[C@H]1CC[C@H]2C3[C@H](OCCN)CC4C[C@H](OCCN)CC[C@]4(C)[C@H]3CC3(OCCO3)[C@]12C. The molecule has 5 rings (SSSR count). The van der Waals surface area contributed by atoms with Crippen LogP contribution < -0.4 is 11.5 Å². The van der Waals surface area contributed by atoms with Gasteiger partial charge in [-0.3, -0.25) is 0 Å². The van der Waals surface area contributed by atoms with Gasteiger partial charge in [-0.2, -0.15) is 0 Å². The van der Waals surface area contributed by atoms with Crippen molar-refractivity contribution in [2.75, 3.05) is 39.5 Å². The van der Waals surface area contributed by atoms with Gasteiger partial charge in [-0.15, -0.1) is 0 Å². The van der Waals surface area contributed by atoms with Crippen molar-refractivity contribution in [2.24, 2.45) is 57.8 Å². The van der Waals surface area contributed by atoms with Gasteiger partial charge in [0.1, 0.15) is 0 Å². The molecule has 1 heterocycles. The molecule has 6 nitrogen and oxygen atoms in total. The van der Waals surface area contributed by atoms with Gasteiger partial charge in [-0.25, -0.2) is 0 Å². The maximum Gasteiger partial charge on any atom is 0.174 e. The Bertz CT molecular complexity index is 713. The molecule has 6 heteroatoms. The molecule has 0 amide bonds. The molecular weight excluding hydrogens is 428 g/mol. The molecule has 0 radical (unpaired) electrons. The number of rotatable bonds is 7. The van der Waals surface area contributed by atoms with Crippen molar-refractivity contribution in [2.45, 2.75) is 90.6 Å². The molecule has 0 aromatic carbocycles. The van der Waals surface area contributed by atoms with E-state index >= 15 is 0 Å². The van der Waals surface area contributed by atoms with Gasteiger partial charge in [0.15, 0.2) is 5.79 Å². The van der Waals surface area contributed by atoms with Gasteiger partial charge in [0, 0.05) is 24.9 Å². The lowest BCUT2D eigenvalue weighted by atomic mass is 9.42. The minimum absolute atomic E-state index is 0.0355. The Kier molecular flexibility index (Phi) is 7.15. The molecule has 4 aliphatic carbocycles. The molecule has 0 aromatic heterocycles. The quantitative estimate of drug-likeness (QED) is 0.576. The van der Waals surface area contributed by atoms with E-state index in [2.05, 4.69) is 27.7 Å². The molecule has 0 bridgehead atoms. The number of hydrogen-bond donors (Lipinski definition) is 2. The molecule has 4 saturated carbocycles. The highest BCUT2D eigenvalue weighted by Crippen LogP contribution is 2.72. The maximum absolute atomic E-state index is 6.72. The van der Waals surface area contributed by atoms with Crippen LogP contribution in [0.3, 0.4) is 0 Å². The van der Waals surface area contributed by atoms with Crippen molar-refractivity contribution in [1.82, 2.24) is 0 Å². The smallest absolute Gasteiger partial charge is 0.174 e. The molecular formula is C28H50N2O4. The Balaban J connectivity index is 1.52. The molecule has 9 atom stereocenters. The Morgan fingerprint density at radius 1 is 0.912 bits per heavy atom. The zero-order chi connectivity index (χ0) is 24.1. The first-order valence-corrected chi connectivity index (χ1v) is 14.2. The van der Waals surface area contributed by atoms with E-state index in [9.17, 15) is 0 Å². The summed E-state index contributed by atoms with van der Waals surface area (Å²) in [5.41, 5.74) is 12.0. The summed E-state index contributed by atoms with van der Waals surface area (Å²) in [6.07, 6.45) is 8.75. The largest absolute Gasteiger partial charge is 0.377 e. The molecule has 2 unspecified atom stereocenters. The Morgan fingerprint density at radius 3 is 2.29 bits per heavy atom. The first-order chi connectivity index (χ1) is 16.3. The third-order valence-corrected chi connectivity index (χ3v) is 11.3. The van der Waals surface area contributed by atoms with Crippen molar-refractivity contribution in [3.8, 4) is 0 Å². The number of ether oxygens (including phenoxy) is 4. The summed E-state index contributed by atoms with van der Waals surface area (Å²) in [5.74, 6) is 3.08. The number of nitrogens with two attached hydrogens (primary N) is 2. The van der Waals surface area contributed by atoms with Crippen LogP contribution in [0.4, 0.5) is 0 Å². The number of fused-ring (bicyclic) bond motifs is 6. The molecule has 0 aromatic rings. The van der Waals surface area contributed by atoms with Crippen molar-refractivity contribution in [1.29, 1.82) is 0 Å². The van der Waals surface area contributed by atoms with Crippen molar-refractivity contribution in [3.63, 3.8) is 0 Å². The zero-order valence-electron chi connectivity index (χ0n) is 22.1. The van der Waals surface area contributed by atoms with Gasteiger partial charge in [-0.05, 0) is 79.4 Å². The molecule has 5 fully saturated rings. The summed E-state index contributed by atoms with van der Waals surface area (Å²) in [6, 6.07) is 0. The summed E-state index contributed by atoms with van der Waals surface area (Å²) in [7, 11) is 0. The topological polar surface area (TPSA) is 89.0 Å². The molecule has 196 valence electrons. The summed E-state index contributed by atoms with van der Waals surface area (Å²) < 4.78 is 26.2. The van der Waals surface area contributed by atoms with E-state index in [1.54, 1.807) is 0 Å². The van der Waals surface area contributed by atoms with E-state index in [1.165, 1.54) is 19.3 Å². The van der Waals surface area contributed by atoms with Crippen LogP contribution in [0.15, 0.2) is 0 Å². The van der Waals surface area contributed by atoms with Crippen molar-refractivity contribution < 1.29 is 18.9 Å². The van der Waals surface area contributed by atoms with Gasteiger partial charge in [0.25, 0.3) is 0 Å². The van der Waals surface area contributed by atoms with Crippen LogP contribution >= 0.6 is 0 Å². The molecule has 34 heavy (non-hydrogen) atoms. The third-order valence-electron chi connectivity index (χ3n) is 11.3. The Morgan fingerprint density at radius 2 is 1.62 bits per heavy atom. The van der Waals surface area contributed by atoms with Crippen LogP contribution in [0.5, 0.6) is 0 Å². The summed E-state index contributed by atoms with van der Waals surface area (Å²) in [5, 5.41) is 0. The lowest BCUT2D eigenvalue weighted by molar-refractivity contribution is -0.325. The first kappa shape index (κ1) is 25.4. The molecule has 5 aliphatic rings. The maximum atomic E-state index is 6.72. The standard InChI is InChI=1S/C28H50N2O4/c1-18(2)21-5-6-22-25-23(17-28(27(21,22)4)33-13-14-34-28)26(3)8-7-20(31-11-9-29)15-19(26)16-24(25)32-12-10-30/h18-25H,5-17,29-30H2,1-4H3/t19?,20-,21-,22+,23+,24-,25?,26+,27-/m1/s1. The van der Waals surface area contributed by atoms with E-state index in [1.807, 2.05) is 0 Å². The van der Waals surface area contributed by atoms with Crippen molar-refractivity contribution >= 4 is 0 Å². The van der Waals surface area contributed by atoms with E-state index in [0.717, 1.165) is 38.9 Å². The fourth-order valence-electron chi connectivity index (χ4n) is 9.87. The van der Waals surface area contributed by atoms with Gasteiger partial charge in [0.2, 0.25) is 0 Å². The van der Waals surface area contributed by atoms with E-state index in [-0.39, 0.29) is 16.9 Å². The summed E-state index contributed by atoms with van der Waals surface area (Å²) in [4.78, 5) is 0. The van der Waals surface area contributed by atoms with Crippen LogP contribution in [-0.2, 0) is 18.9 Å². The highest BCUT2D eigenvalue weighted by Gasteiger charge is 2.72. The molecule has 1 aliphatic heterocycles. The average molecular weight is 479 g/mol. The van der Waals surface area contributed by atoms with E-state index in [4.69, 9.17) is 30.4 Å². The van der Waals surface area contributed by atoms with Crippen LogP contribution in [0.25, 0.3) is 0 Å². The second-order valence-corrected chi connectivity index (χ2v) is 12.8. The average Bonchev–Trinajstić information content (AvgIpc) is 3.43. The Hall–Kier alpha value is -0.240. The Labute approximate surface area is 207 Å². The molecule has 1 saturated heterocycles. The van der Waals surface area contributed by atoms with E-state index < -0.39 is 5.79 Å². The van der Waals surface area contributed by atoms with Crippen LogP contribution in [-0.4, -0.2) is 57.5 Å². The fourth-order valence-corrected chi connectivity index (χ4v) is 9.87. The second-order valence-electron chi connectivity index (χ2n) is 12.8. The fraction of sp³-hybridized carbons (Fsp3) is 1.00.